The van der Waals surface area contributed by atoms with Crippen LogP contribution >= 0.6 is 21.6 Å². The van der Waals surface area contributed by atoms with Crippen LogP contribution in [0.5, 0.6) is 11.5 Å². The molecule has 0 radical (unpaired) electrons. The molecule has 0 saturated carbocycles. The number of benzene rings is 3. The number of carboxylic acid groups (broad SMARTS) is 1. The number of allylic oxidation sites excluding steroid dienone is 1. The first-order valence-electron chi connectivity index (χ1n) is 19.4. The predicted octanol–water partition coefficient (Wildman–Crippen LogP) is 6.12. The van der Waals surface area contributed by atoms with E-state index in [9.17, 15) is 35.1 Å². The van der Waals surface area contributed by atoms with Crippen LogP contribution in [0.1, 0.15) is 42.9 Å². The summed E-state index contributed by atoms with van der Waals surface area (Å²) in [5.41, 5.74) is 1.48. The van der Waals surface area contributed by atoms with E-state index < -0.39 is 42.4 Å². The van der Waals surface area contributed by atoms with Crippen molar-refractivity contribution in [1.82, 2.24) is 10.3 Å². The normalized spacial score (nSPS) is 27.4. The van der Waals surface area contributed by atoms with Crippen LogP contribution in [-0.4, -0.2) is 91.2 Å². The van der Waals surface area contributed by atoms with E-state index in [1.54, 1.807) is 22.9 Å². The molecule has 9 unspecified atom stereocenters. The number of nitrogens with one attached hydrogen (secondary N) is 2. The van der Waals surface area contributed by atoms with Crippen molar-refractivity contribution in [3.63, 3.8) is 0 Å². The minimum absolute atomic E-state index is 0.00749. The molecule has 13 nitrogen and oxygen atoms in total. The quantitative estimate of drug-likeness (QED) is 0.0792. The number of aliphatic hydroxyl groups is 3. The van der Waals surface area contributed by atoms with Gasteiger partial charge in [0.05, 0.1) is 10.9 Å². The van der Waals surface area contributed by atoms with Crippen LogP contribution in [0, 0.1) is 11.8 Å². The Labute approximate surface area is 348 Å². The summed E-state index contributed by atoms with van der Waals surface area (Å²) in [6.07, 6.45) is 1.79. The van der Waals surface area contributed by atoms with Crippen LogP contribution in [0.2, 0.25) is 0 Å². The van der Waals surface area contributed by atoms with Gasteiger partial charge in [0.1, 0.15) is 47.7 Å². The van der Waals surface area contributed by atoms with E-state index in [1.165, 1.54) is 53.0 Å². The van der Waals surface area contributed by atoms with Crippen molar-refractivity contribution in [3.05, 3.63) is 124 Å². The molecule has 7 rings (SSSR count). The van der Waals surface area contributed by atoms with Gasteiger partial charge in [-0.2, -0.15) is 0 Å². The highest BCUT2D eigenvalue weighted by atomic mass is 33.1. The zero-order valence-corrected chi connectivity index (χ0v) is 34.1. The fourth-order valence-corrected chi connectivity index (χ4v) is 9.98. The first-order valence-corrected chi connectivity index (χ1v) is 21.9. The monoisotopic (exact) mass is 844 g/mol. The number of aryl methyl sites for hydroxylation is 1. The molecule has 2 aromatic heterocycles. The van der Waals surface area contributed by atoms with E-state index >= 15 is 0 Å². The van der Waals surface area contributed by atoms with E-state index in [-0.39, 0.29) is 63.7 Å². The molecule has 312 valence electrons. The number of aromatic nitrogens is 1. The standard InChI is InChI=1S/C44H48N2O11S2/c1-3-26-8-4-5-9-27(26)10-6-7-25(2)33-21-46-42(52)44(53)40(55-24-59-58-23-35(33)29-17-18-45-20-29)38(49)39(41(50)51)57-43(44)56-31-15-16-32-36(19-31)54-22-34(37(32)48)28-11-13-30(47)14-12-28/h4-6,8-20,22,25,33,35,38-40,42-43,45-47,49,52-53H,3,7,21,23-24H2,1-2H3,(H,50,51). The summed E-state index contributed by atoms with van der Waals surface area (Å²) in [5.74, 6) is -0.876. The molecule has 0 bridgehead atoms. The molecule has 2 fully saturated rings. The van der Waals surface area contributed by atoms with Crippen molar-refractivity contribution in [2.24, 2.45) is 11.8 Å². The van der Waals surface area contributed by atoms with Crippen molar-refractivity contribution < 1.29 is 49.0 Å². The van der Waals surface area contributed by atoms with Crippen LogP contribution < -0.4 is 15.5 Å². The Kier molecular flexibility index (Phi) is 13.5. The fourth-order valence-electron chi connectivity index (χ4n) is 7.92. The van der Waals surface area contributed by atoms with E-state index in [1.807, 2.05) is 30.6 Å². The lowest BCUT2D eigenvalue weighted by molar-refractivity contribution is -0.342. The van der Waals surface area contributed by atoms with E-state index in [2.05, 4.69) is 48.4 Å². The lowest BCUT2D eigenvalue weighted by atomic mass is 9.78. The van der Waals surface area contributed by atoms with Crippen molar-refractivity contribution in [2.75, 3.05) is 18.2 Å². The molecular formula is C44H48N2O11S2. The molecular weight excluding hydrogens is 797 g/mol. The SMILES string of the molecule is CCc1ccccc1C=CCC(C)C1CNC(O)C2(O)C(Oc3ccc4c(=O)c(-c5ccc(O)cc5)coc4c3)OC(C(=O)O)C(O)C2OCSSCC1c1cc[nH]c1. The summed E-state index contributed by atoms with van der Waals surface area (Å²) in [6.45, 7) is 4.48. The van der Waals surface area contributed by atoms with Gasteiger partial charge in [-0.3, -0.25) is 10.1 Å². The Morgan fingerprint density at radius 2 is 1.88 bits per heavy atom. The van der Waals surface area contributed by atoms with Gasteiger partial charge in [-0.05, 0) is 83.2 Å². The number of phenolic OH excluding ortho intramolecular Hbond substituents is 1. The number of carboxylic acids is 1. The second-order valence-corrected chi connectivity index (χ2v) is 17.4. The second-order valence-electron chi connectivity index (χ2n) is 14.9. The summed E-state index contributed by atoms with van der Waals surface area (Å²) in [5, 5.41) is 59.1. The highest BCUT2D eigenvalue weighted by molar-refractivity contribution is 8.76. The van der Waals surface area contributed by atoms with E-state index in [4.69, 9.17) is 18.6 Å². The number of aromatic hydroxyl groups is 1. The Morgan fingerprint density at radius 1 is 1.08 bits per heavy atom. The van der Waals surface area contributed by atoms with E-state index in [0.717, 1.165) is 24.0 Å². The molecule has 0 aliphatic carbocycles. The number of carbonyl (C=O) groups is 1. The third-order valence-electron chi connectivity index (χ3n) is 11.3. The zero-order chi connectivity index (χ0) is 41.7. The maximum atomic E-state index is 13.5. The molecule has 9 atom stereocenters. The largest absolute Gasteiger partial charge is 0.508 e. The Bertz CT molecular complexity index is 2280. The number of aliphatic carboxylic acids is 1. The second kappa shape index (κ2) is 18.8. The van der Waals surface area contributed by atoms with Crippen LogP contribution in [0.15, 0.2) is 107 Å². The van der Waals surface area contributed by atoms with Crippen molar-refractivity contribution in [3.8, 4) is 22.6 Å². The molecule has 15 heteroatoms. The smallest absolute Gasteiger partial charge is 0.335 e. The van der Waals surface area contributed by atoms with Crippen LogP contribution in [-0.2, 0) is 20.7 Å². The first kappa shape index (κ1) is 42.5. The zero-order valence-electron chi connectivity index (χ0n) is 32.5. The van der Waals surface area contributed by atoms with Gasteiger partial charge >= 0.3 is 5.97 Å². The van der Waals surface area contributed by atoms with Crippen LogP contribution in [0.4, 0.5) is 0 Å². The topological polar surface area (TPSA) is 204 Å². The molecule has 2 aliphatic rings. The third kappa shape index (κ3) is 9.12. The van der Waals surface area contributed by atoms with Gasteiger partial charge < -0.3 is 49.1 Å². The third-order valence-corrected chi connectivity index (χ3v) is 13.4. The van der Waals surface area contributed by atoms with Crippen molar-refractivity contribution >= 4 is 44.6 Å². The summed E-state index contributed by atoms with van der Waals surface area (Å²) in [7, 11) is 2.89. The Hall–Kier alpha value is -4.58. The molecule has 2 aliphatic heterocycles. The molecule has 4 heterocycles. The number of ether oxygens (including phenoxy) is 3. The number of hydrogen-bond donors (Lipinski definition) is 7. The van der Waals surface area contributed by atoms with Crippen LogP contribution in [0.25, 0.3) is 28.2 Å². The minimum Gasteiger partial charge on any atom is -0.508 e. The van der Waals surface area contributed by atoms with Gasteiger partial charge in [0.15, 0.2) is 17.1 Å². The average molecular weight is 845 g/mol. The van der Waals surface area contributed by atoms with Gasteiger partial charge in [0.2, 0.25) is 6.29 Å². The number of hydrogen-bond acceptors (Lipinski definition) is 13. The maximum Gasteiger partial charge on any atom is 0.335 e. The number of fused-ring (bicyclic) bond motifs is 2. The van der Waals surface area contributed by atoms with Gasteiger partial charge in [-0.1, -0.05) is 84.0 Å². The predicted molar refractivity (Wildman–Crippen MR) is 227 cm³/mol. The first-order chi connectivity index (χ1) is 28.5. The molecule has 2 saturated heterocycles. The summed E-state index contributed by atoms with van der Waals surface area (Å²) >= 11 is 0. The summed E-state index contributed by atoms with van der Waals surface area (Å²) in [4.78, 5) is 29.1. The van der Waals surface area contributed by atoms with Gasteiger partial charge in [0, 0.05) is 30.8 Å². The van der Waals surface area contributed by atoms with Gasteiger partial charge in [-0.15, -0.1) is 0 Å². The lowest BCUT2D eigenvalue weighted by Crippen LogP contribution is -2.75. The Morgan fingerprint density at radius 3 is 2.63 bits per heavy atom. The minimum atomic E-state index is -2.57. The number of H-pyrrole nitrogens is 1. The van der Waals surface area contributed by atoms with Gasteiger partial charge in [0.25, 0.3) is 0 Å². The average Bonchev–Trinajstić information content (AvgIpc) is 3.77. The fraction of sp³-hybridized carbons (Fsp3) is 0.364. The molecule has 5 aromatic rings. The van der Waals surface area contributed by atoms with Crippen LogP contribution in [0.3, 0.4) is 0 Å². The number of aromatic amines is 1. The molecule has 7 N–H and O–H groups in total. The summed E-state index contributed by atoms with van der Waals surface area (Å²) < 4.78 is 23.8. The highest BCUT2D eigenvalue weighted by Gasteiger charge is 2.63. The molecule has 59 heavy (non-hydrogen) atoms. The highest BCUT2D eigenvalue weighted by Crippen LogP contribution is 2.42. The molecule has 0 spiro atoms. The Balaban J connectivity index is 1.19. The van der Waals surface area contributed by atoms with Crippen molar-refractivity contribution in [2.45, 2.75) is 69.0 Å². The number of phenols is 1. The summed E-state index contributed by atoms with van der Waals surface area (Å²) in [6, 6.07) is 20.7. The van der Waals surface area contributed by atoms with E-state index in [0.29, 0.717) is 11.3 Å². The molecule has 3 aromatic carbocycles. The number of rotatable bonds is 10. The van der Waals surface area contributed by atoms with Crippen molar-refractivity contribution in [1.29, 1.82) is 0 Å². The maximum absolute atomic E-state index is 13.5. The van der Waals surface area contributed by atoms with Gasteiger partial charge in [-0.25, -0.2) is 4.79 Å². The lowest BCUT2D eigenvalue weighted by Gasteiger charge is -2.50. The number of aliphatic hydroxyl groups excluding tert-OH is 2. The molecule has 0 amide bonds.